The molecule has 0 saturated carbocycles. The van der Waals surface area contributed by atoms with Gasteiger partial charge in [-0.3, -0.25) is 0 Å². The molecule has 12 heteroatoms. The summed E-state index contributed by atoms with van der Waals surface area (Å²) >= 11 is 1.32. The summed E-state index contributed by atoms with van der Waals surface area (Å²) in [4.78, 5) is 4.43. The standard InChI is InChI=1S/C21H22N6O5S/c1-28-14-5-4-6-15(10-14)31-11-18-24-25-21(27(18)22)33-12-19-23-20(26-32-19)13-7-8-16(29-2)17(9-13)30-3/h4-10H,11-12,22H2,1-3H3. The fraction of sp³-hybridized carbons (Fsp3) is 0.238. The van der Waals surface area contributed by atoms with Crippen LogP contribution >= 0.6 is 11.8 Å². The number of thioether (sulfide) groups is 1. The van der Waals surface area contributed by atoms with Gasteiger partial charge in [-0.05, 0) is 30.3 Å². The average Bonchev–Trinajstić information content (AvgIpc) is 3.47. The van der Waals surface area contributed by atoms with E-state index in [1.54, 1.807) is 39.5 Å². The number of benzene rings is 2. The topological polar surface area (TPSA) is 133 Å². The van der Waals surface area contributed by atoms with Crippen molar-refractivity contribution >= 4 is 11.8 Å². The first-order valence-electron chi connectivity index (χ1n) is 9.75. The molecule has 0 saturated heterocycles. The molecule has 4 rings (SSSR count). The van der Waals surface area contributed by atoms with E-state index < -0.39 is 0 Å². The molecule has 172 valence electrons. The van der Waals surface area contributed by atoms with Crippen molar-refractivity contribution < 1.29 is 23.5 Å². The predicted molar refractivity (Wildman–Crippen MR) is 120 cm³/mol. The lowest BCUT2D eigenvalue weighted by Gasteiger charge is -2.07. The Kier molecular flexibility index (Phi) is 6.83. The molecule has 33 heavy (non-hydrogen) atoms. The fourth-order valence-electron chi connectivity index (χ4n) is 2.88. The van der Waals surface area contributed by atoms with Crippen molar-refractivity contribution in [3.8, 4) is 34.4 Å². The fourth-order valence-corrected chi connectivity index (χ4v) is 3.59. The molecule has 0 atom stereocenters. The molecule has 0 radical (unpaired) electrons. The largest absolute Gasteiger partial charge is 0.497 e. The van der Waals surface area contributed by atoms with E-state index in [1.807, 2.05) is 24.3 Å². The number of methoxy groups -OCH3 is 3. The maximum absolute atomic E-state index is 6.12. The average molecular weight is 471 g/mol. The van der Waals surface area contributed by atoms with Gasteiger partial charge in [-0.25, -0.2) is 4.68 Å². The molecule has 2 N–H and O–H groups in total. The van der Waals surface area contributed by atoms with Crippen LogP contribution in [0.1, 0.15) is 11.7 Å². The first-order chi connectivity index (χ1) is 16.1. The van der Waals surface area contributed by atoms with Gasteiger partial charge in [0.15, 0.2) is 17.3 Å². The molecule has 0 unspecified atom stereocenters. The third-order valence-electron chi connectivity index (χ3n) is 4.58. The van der Waals surface area contributed by atoms with Gasteiger partial charge in [0.2, 0.25) is 16.9 Å². The van der Waals surface area contributed by atoms with E-state index in [9.17, 15) is 0 Å². The highest BCUT2D eigenvalue weighted by atomic mass is 32.2. The summed E-state index contributed by atoms with van der Waals surface area (Å²) in [5.41, 5.74) is 0.742. The zero-order chi connectivity index (χ0) is 23.2. The van der Waals surface area contributed by atoms with Crippen molar-refractivity contribution in [2.75, 3.05) is 27.2 Å². The number of nitrogens with two attached hydrogens (primary N) is 1. The van der Waals surface area contributed by atoms with Gasteiger partial charge in [-0.15, -0.1) is 10.2 Å². The molecule has 2 aromatic carbocycles. The van der Waals surface area contributed by atoms with Gasteiger partial charge in [-0.1, -0.05) is 23.0 Å². The minimum atomic E-state index is 0.154. The Morgan fingerprint density at radius 2 is 1.79 bits per heavy atom. The second-order valence-corrected chi connectivity index (χ2v) is 7.55. The van der Waals surface area contributed by atoms with Crippen LogP contribution in [0.4, 0.5) is 0 Å². The van der Waals surface area contributed by atoms with Crippen molar-refractivity contribution in [1.29, 1.82) is 0 Å². The molecular formula is C21H22N6O5S. The lowest BCUT2D eigenvalue weighted by molar-refractivity contribution is 0.289. The Hall–Kier alpha value is -3.93. The van der Waals surface area contributed by atoms with Gasteiger partial charge in [0.05, 0.1) is 27.1 Å². The van der Waals surface area contributed by atoms with Gasteiger partial charge in [0, 0.05) is 11.6 Å². The number of nitrogens with zero attached hydrogens (tertiary/aromatic N) is 5. The van der Waals surface area contributed by atoms with Gasteiger partial charge >= 0.3 is 0 Å². The number of rotatable bonds is 10. The molecule has 0 aliphatic rings. The van der Waals surface area contributed by atoms with E-state index in [-0.39, 0.29) is 6.61 Å². The summed E-state index contributed by atoms with van der Waals surface area (Å²) < 4.78 is 28.2. The van der Waals surface area contributed by atoms with Crippen LogP contribution < -0.4 is 24.8 Å². The molecule has 0 amide bonds. The van der Waals surface area contributed by atoms with Crippen molar-refractivity contribution in [2.45, 2.75) is 17.5 Å². The summed E-state index contributed by atoms with van der Waals surface area (Å²) in [7, 11) is 4.74. The van der Waals surface area contributed by atoms with Crippen molar-refractivity contribution in [2.24, 2.45) is 0 Å². The quantitative estimate of drug-likeness (QED) is 0.271. The first-order valence-corrected chi connectivity index (χ1v) is 10.7. The monoisotopic (exact) mass is 470 g/mol. The predicted octanol–water partition coefficient (Wildman–Crippen LogP) is 2.94. The minimum absolute atomic E-state index is 0.154. The van der Waals surface area contributed by atoms with E-state index in [0.29, 0.717) is 51.4 Å². The summed E-state index contributed by atoms with van der Waals surface area (Å²) in [5, 5.41) is 12.7. The summed E-state index contributed by atoms with van der Waals surface area (Å²) in [6.07, 6.45) is 0. The maximum Gasteiger partial charge on any atom is 0.237 e. The normalized spacial score (nSPS) is 10.8. The SMILES string of the molecule is COc1cccc(OCc2nnc(SCc3nc(-c4ccc(OC)c(OC)c4)no3)n2N)c1. The van der Waals surface area contributed by atoms with Gasteiger partial charge in [-0.2, -0.15) is 4.98 Å². The van der Waals surface area contributed by atoms with Crippen LogP contribution in [0.5, 0.6) is 23.0 Å². The van der Waals surface area contributed by atoms with Crippen molar-refractivity contribution in [3.63, 3.8) is 0 Å². The molecule has 2 heterocycles. The van der Waals surface area contributed by atoms with Crippen LogP contribution in [0.2, 0.25) is 0 Å². The molecule has 0 aliphatic heterocycles. The number of ether oxygens (including phenoxy) is 4. The van der Waals surface area contributed by atoms with Crippen LogP contribution in [-0.2, 0) is 12.4 Å². The molecule has 0 aliphatic carbocycles. The Morgan fingerprint density at radius 3 is 2.58 bits per heavy atom. The number of hydrogen-bond donors (Lipinski definition) is 1. The molecule has 11 nitrogen and oxygen atoms in total. The summed E-state index contributed by atoms with van der Waals surface area (Å²) in [6, 6.07) is 12.7. The van der Waals surface area contributed by atoms with Gasteiger partial charge in [0.1, 0.15) is 18.1 Å². The first kappa shape index (κ1) is 22.3. The van der Waals surface area contributed by atoms with Gasteiger partial charge in [0.25, 0.3) is 0 Å². The Labute approximate surface area is 193 Å². The molecule has 0 spiro atoms. The number of hydrogen-bond acceptors (Lipinski definition) is 11. The van der Waals surface area contributed by atoms with Gasteiger partial charge < -0.3 is 29.3 Å². The van der Waals surface area contributed by atoms with E-state index in [4.69, 9.17) is 29.3 Å². The van der Waals surface area contributed by atoms with E-state index in [1.165, 1.54) is 16.4 Å². The smallest absolute Gasteiger partial charge is 0.237 e. The Morgan fingerprint density at radius 1 is 0.970 bits per heavy atom. The van der Waals surface area contributed by atoms with Crippen LogP contribution in [0.3, 0.4) is 0 Å². The number of nitrogen functional groups attached to an aromatic ring is 1. The lowest BCUT2D eigenvalue weighted by atomic mass is 10.2. The second kappa shape index (κ2) is 10.1. The lowest BCUT2D eigenvalue weighted by Crippen LogP contribution is -2.15. The summed E-state index contributed by atoms with van der Waals surface area (Å²) in [6.45, 7) is 0.154. The molecular weight excluding hydrogens is 448 g/mol. The van der Waals surface area contributed by atoms with Crippen LogP contribution in [0, 0.1) is 0 Å². The van der Waals surface area contributed by atoms with E-state index in [0.717, 1.165) is 5.56 Å². The Bertz CT molecular complexity index is 1230. The zero-order valence-corrected chi connectivity index (χ0v) is 19.0. The number of aromatic nitrogens is 5. The molecule has 4 aromatic rings. The minimum Gasteiger partial charge on any atom is -0.497 e. The van der Waals surface area contributed by atoms with Crippen molar-refractivity contribution in [3.05, 3.63) is 54.2 Å². The van der Waals surface area contributed by atoms with Crippen molar-refractivity contribution in [1.82, 2.24) is 25.0 Å². The summed E-state index contributed by atoms with van der Waals surface area (Å²) in [5.74, 6) is 10.3. The van der Waals surface area contributed by atoms with E-state index in [2.05, 4.69) is 20.3 Å². The third-order valence-corrected chi connectivity index (χ3v) is 5.51. The molecule has 0 fully saturated rings. The van der Waals surface area contributed by atoms with Crippen LogP contribution in [-0.4, -0.2) is 46.3 Å². The molecule has 0 bridgehead atoms. The Balaban J connectivity index is 1.37. The molecule has 2 aromatic heterocycles. The van der Waals surface area contributed by atoms with Crippen LogP contribution in [0.25, 0.3) is 11.4 Å². The maximum atomic E-state index is 6.12. The highest BCUT2D eigenvalue weighted by molar-refractivity contribution is 7.98. The highest BCUT2D eigenvalue weighted by Gasteiger charge is 2.15. The second-order valence-electron chi connectivity index (χ2n) is 6.61. The highest BCUT2D eigenvalue weighted by Crippen LogP contribution is 2.31. The van der Waals surface area contributed by atoms with E-state index >= 15 is 0 Å². The third kappa shape index (κ3) is 5.12. The van der Waals surface area contributed by atoms with Crippen LogP contribution in [0.15, 0.2) is 52.1 Å². The zero-order valence-electron chi connectivity index (χ0n) is 18.2.